The fourth-order valence-corrected chi connectivity index (χ4v) is 2.41. The molecule has 0 bridgehead atoms. The van der Waals surface area contributed by atoms with Crippen LogP contribution in [0.15, 0.2) is 42.5 Å². The monoisotopic (exact) mass is 237 g/mol. The predicted molar refractivity (Wildman–Crippen MR) is 74.1 cm³/mol. The Balaban J connectivity index is 2.05. The van der Waals surface area contributed by atoms with Crippen LogP contribution in [0.4, 0.5) is 5.69 Å². The smallest absolute Gasteiger partial charge is 0.194 e. The number of benzene rings is 2. The van der Waals surface area contributed by atoms with E-state index in [1.165, 1.54) is 0 Å². The second-order valence-corrected chi connectivity index (χ2v) is 4.56. The van der Waals surface area contributed by atoms with Crippen molar-refractivity contribution in [2.75, 3.05) is 11.9 Å². The normalized spacial score (nSPS) is 12.2. The van der Waals surface area contributed by atoms with E-state index in [1.54, 1.807) is 0 Å². The van der Waals surface area contributed by atoms with Crippen LogP contribution in [0.5, 0.6) is 0 Å². The second-order valence-electron chi connectivity index (χ2n) is 4.56. The third-order valence-corrected chi connectivity index (χ3v) is 3.31. The number of anilines is 1. The highest BCUT2D eigenvalue weighted by Crippen LogP contribution is 2.37. The highest BCUT2D eigenvalue weighted by atomic mass is 16.1. The van der Waals surface area contributed by atoms with Crippen LogP contribution in [0, 0.1) is 0 Å². The van der Waals surface area contributed by atoms with Gasteiger partial charge >= 0.3 is 0 Å². The molecule has 2 nitrogen and oxygen atoms in total. The zero-order valence-electron chi connectivity index (χ0n) is 10.4. The summed E-state index contributed by atoms with van der Waals surface area (Å²) >= 11 is 0. The van der Waals surface area contributed by atoms with Gasteiger partial charge in [0.05, 0.1) is 0 Å². The van der Waals surface area contributed by atoms with Gasteiger partial charge in [-0.15, -0.1) is 0 Å². The fraction of sp³-hybridized carbons (Fsp3) is 0.188. The van der Waals surface area contributed by atoms with Crippen LogP contribution in [-0.4, -0.2) is 12.3 Å². The minimum Gasteiger partial charge on any atom is -0.385 e. The van der Waals surface area contributed by atoms with Crippen LogP contribution in [0.3, 0.4) is 0 Å². The number of hydrogen-bond acceptors (Lipinski definition) is 2. The number of ketones is 1. The van der Waals surface area contributed by atoms with Gasteiger partial charge in [0.2, 0.25) is 0 Å². The fourth-order valence-electron chi connectivity index (χ4n) is 2.41. The summed E-state index contributed by atoms with van der Waals surface area (Å²) in [6.07, 6.45) is 1.07. The first-order valence-corrected chi connectivity index (χ1v) is 6.33. The molecule has 0 saturated carbocycles. The average molecular weight is 237 g/mol. The molecule has 0 aromatic heterocycles. The van der Waals surface area contributed by atoms with E-state index in [2.05, 4.69) is 12.2 Å². The maximum atomic E-state index is 12.3. The molecule has 0 aliphatic heterocycles. The largest absolute Gasteiger partial charge is 0.385 e. The molecule has 0 amide bonds. The van der Waals surface area contributed by atoms with Crippen molar-refractivity contribution in [1.29, 1.82) is 0 Å². The van der Waals surface area contributed by atoms with Crippen molar-refractivity contribution >= 4 is 11.5 Å². The minimum atomic E-state index is 0.140. The number of carbonyl (C=O) groups is 1. The lowest BCUT2D eigenvalue weighted by Gasteiger charge is -2.06. The first-order chi connectivity index (χ1) is 8.81. The molecule has 1 aliphatic carbocycles. The third-order valence-electron chi connectivity index (χ3n) is 3.31. The van der Waals surface area contributed by atoms with Gasteiger partial charge in [-0.2, -0.15) is 0 Å². The van der Waals surface area contributed by atoms with Crippen LogP contribution in [-0.2, 0) is 0 Å². The molecular weight excluding hydrogens is 222 g/mol. The lowest BCUT2D eigenvalue weighted by molar-refractivity contribution is 0.104. The van der Waals surface area contributed by atoms with Gasteiger partial charge in [0.15, 0.2) is 5.78 Å². The van der Waals surface area contributed by atoms with Gasteiger partial charge in [-0.1, -0.05) is 37.3 Å². The Hall–Kier alpha value is -2.09. The average Bonchev–Trinajstić information content (AvgIpc) is 2.71. The van der Waals surface area contributed by atoms with Gasteiger partial charge in [0.25, 0.3) is 0 Å². The zero-order chi connectivity index (χ0) is 12.5. The lowest BCUT2D eigenvalue weighted by Crippen LogP contribution is -2.01. The number of nitrogens with one attached hydrogen (secondary N) is 1. The quantitative estimate of drug-likeness (QED) is 0.752. The van der Waals surface area contributed by atoms with Gasteiger partial charge in [0, 0.05) is 23.4 Å². The predicted octanol–water partition coefficient (Wildman–Crippen LogP) is 3.72. The maximum absolute atomic E-state index is 12.3. The van der Waals surface area contributed by atoms with E-state index in [4.69, 9.17) is 0 Å². The maximum Gasteiger partial charge on any atom is 0.194 e. The van der Waals surface area contributed by atoms with E-state index in [9.17, 15) is 4.79 Å². The van der Waals surface area contributed by atoms with Gasteiger partial charge in [-0.05, 0) is 29.7 Å². The molecule has 0 heterocycles. The first-order valence-electron chi connectivity index (χ1n) is 6.33. The molecule has 2 heteroatoms. The highest BCUT2D eigenvalue weighted by molar-refractivity contribution is 6.22. The Morgan fingerprint density at radius 1 is 0.944 bits per heavy atom. The molecule has 0 saturated heterocycles. The molecule has 0 fully saturated rings. The van der Waals surface area contributed by atoms with Crippen molar-refractivity contribution < 1.29 is 4.79 Å². The summed E-state index contributed by atoms with van der Waals surface area (Å²) in [6.45, 7) is 3.06. The van der Waals surface area contributed by atoms with Gasteiger partial charge in [-0.3, -0.25) is 4.79 Å². The Morgan fingerprint density at radius 3 is 2.44 bits per heavy atom. The summed E-state index contributed by atoms with van der Waals surface area (Å²) in [5, 5.41) is 3.32. The summed E-state index contributed by atoms with van der Waals surface area (Å²) < 4.78 is 0. The molecule has 0 spiro atoms. The molecule has 0 unspecified atom stereocenters. The molecule has 2 aromatic rings. The van der Waals surface area contributed by atoms with E-state index in [0.29, 0.717) is 0 Å². The van der Waals surface area contributed by atoms with E-state index in [0.717, 1.165) is 40.9 Å². The Morgan fingerprint density at radius 2 is 1.67 bits per heavy atom. The van der Waals surface area contributed by atoms with Crippen molar-refractivity contribution in [3.63, 3.8) is 0 Å². The topological polar surface area (TPSA) is 29.1 Å². The first kappa shape index (κ1) is 11.0. The standard InChI is InChI=1S/C16H15NO/c1-2-9-17-11-7-8-13-12-5-3-4-6-14(12)16(18)15(13)10-11/h3-8,10,17H,2,9H2,1H3. The van der Waals surface area contributed by atoms with Crippen LogP contribution in [0.2, 0.25) is 0 Å². The molecule has 2 aromatic carbocycles. The highest BCUT2D eigenvalue weighted by Gasteiger charge is 2.25. The summed E-state index contributed by atoms with van der Waals surface area (Å²) in [6, 6.07) is 13.9. The molecule has 0 atom stereocenters. The number of carbonyl (C=O) groups excluding carboxylic acids is 1. The van der Waals surface area contributed by atoms with Crippen molar-refractivity contribution in [2.24, 2.45) is 0 Å². The number of rotatable bonds is 3. The molecule has 18 heavy (non-hydrogen) atoms. The molecule has 1 N–H and O–H groups in total. The van der Waals surface area contributed by atoms with E-state index in [-0.39, 0.29) is 5.78 Å². The Labute approximate surface area is 107 Å². The van der Waals surface area contributed by atoms with Gasteiger partial charge in [0.1, 0.15) is 0 Å². The van der Waals surface area contributed by atoms with Crippen molar-refractivity contribution in [3.8, 4) is 11.1 Å². The molecule has 3 rings (SSSR count). The van der Waals surface area contributed by atoms with Crippen molar-refractivity contribution in [2.45, 2.75) is 13.3 Å². The van der Waals surface area contributed by atoms with Crippen LogP contribution >= 0.6 is 0 Å². The molecular formula is C16H15NO. The molecule has 90 valence electrons. The summed E-state index contributed by atoms with van der Waals surface area (Å²) in [5.41, 5.74) is 4.77. The lowest BCUT2D eigenvalue weighted by atomic mass is 10.1. The summed E-state index contributed by atoms with van der Waals surface area (Å²) in [5.74, 6) is 0.140. The van der Waals surface area contributed by atoms with Gasteiger partial charge in [-0.25, -0.2) is 0 Å². The van der Waals surface area contributed by atoms with Gasteiger partial charge < -0.3 is 5.32 Å². The molecule has 0 radical (unpaired) electrons. The van der Waals surface area contributed by atoms with Crippen molar-refractivity contribution in [1.82, 2.24) is 0 Å². The third kappa shape index (κ3) is 1.61. The zero-order valence-corrected chi connectivity index (χ0v) is 10.4. The van der Waals surface area contributed by atoms with Crippen LogP contribution in [0.1, 0.15) is 29.3 Å². The van der Waals surface area contributed by atoms with E-state index >= 15 is 0 Å². The van der Waals surface area contributed by atoms with E-state index in [1.807, 2.05) is 42.5 Å². The Bertz CT molecular complexity index is 616. The second kappa shape index (κ2) is 4.30. The molecule has 1 aliphatic rings. The van der Waals surface area contributed by atoms with E-state index < -0.39 is 0 Å². The Kier molecular flexibility index (Phi) is 2.63. The van der Waals surface area contributed by atoms with Crippen LogP contribution in [0.25, 0.3) is 11.1 Å². The summed E-state index contributed by atoms with van der Waals surface area (Å²) in [7, 11) is 0. The number of hydrogen-bond donors (Lipinski definition) is 1. The summed E-state index contributed by atoms with van der Waals surface area (Å²) in [4.78, 5) is 12.3. The minimum absolute atomic E-state index is 0.140. The van der Waals surface area contributed by atoms with Crippen molar-refractivity contribution in [3.05, 3.63) is 53.6 Å². The number of fused-ring (bicyclic) bond motifs is 3. The SMILES string of the molecule is CCCNc1ccc2c(c1)C(=O)c1ccccc1-2. The van der Waals surface area contributed by atoms with Crippen LogP contribution < -0.4 is 5.32 Å².